The molecule has 0 fully saturated rings. The minimum atomic E-state index is -0.635. The first kappa shape index (κ1) is 32.8. The van der Waals surface area contributed by atoms with E-state index < -0.39 is 5.97 Å². The summed E-state index contributed by atoms with van der Waals surface area (Å²) >= 11 is 0. The number of ketones is 1. The van der Waals surface area contributed by atoms with E-state index in [2.05, 4.69) is 13.0 Å². The quantitative estimate of drug-likeness (QED) is 0.0514. The number of hydrogen-bond donors (Lipinski definition) is 1. The Labute approximate surface area is 265 Å². The number of aromatic hydroxyl groups is 1. The number of hydrogen-bond acceptors (Lipinski definition) is 6. The number of carbonyl (C=O) groups is 2. The molecule has 230 valence electrons. The number of unbranched alkanes of at least 4 members (excludes halogenated alkanes) is 3. The summed E-state index contributed by atoms with van der Waals surface area (Å²) in [6.45, 7) is 4.41. The summed E-state index contributed by atoms with van der Waals surface area (Å²) in [5.74, 6) is -0.630. The molecule has 0 bridgehead atoms. The number of esters is 1. The summed E-state index contributed by atoms with van der Waals surface area (Å²) in [6.07, 6.45) is 4.85. The molecular weight excluding hydrogens is 562 g/mol. The molecule has 0 aliphatic rings. The van der Waals surface area contributed by atoms with Gasteiger partial charge in [-0.15, -0.1) is 0 Å². The van der Waals surface area contributed by atoms with E-state index in [1.165, 1.54) is 13.2 Å². The fourth-order valence-corrected chi connectivity index (χ4v) is 5.53. The molecule has 0 aromatic heterocycles. The minimum Gasteiger partial charge on any atom is -0.507 e. The number of phenolic OH excluding ortho intramolecular Hbond substituents is 1. The molecule has 6 heteroatoms. The second-order valence-corrected chi connectivity index (χ2v) is 10.8. The Balaban J connectivity index is 1.80. The van der Waals surface area contributed by atoms with Crippen molar-refractivity contribution < 1.29 is 24.2 Å². The minimum absolute atomic E-state index is 0.0403. The van der Waals surface area contributed by atoms with Gasteiger partial charge in [-0.1, -0.05) is 112 Å². The summed E-state index contributed by atoms with van der Waals surface area (Å²) in [7, 11) is 1.53. The number of carbonyl (C=O) groups excluding carboxylic acids is 2. The zero-order valence-electron chi connectivity index (χ0n) is 26.1. The number of ether oxygens (including phenoxy) is 2. The monoisotopic (exact) mass is 601 g/mol. The van der Waals surface area contributed by atoms with Crippen LogP contribution < -0.4 is 4.74 Å². The number of benzene rings is 4. The van der Waals surface area contributed by atoms with E-state index in [0.717, 1.165) is 53.5 Å². The van der Waals surface area contributed by atoms with E-state index in [1.54, 1.807) is 30.3 Å². The van der Waals surface area contributed by atoms with Crippen molar-refractivity contribution in [1.82, 2.24) is 0 Å². The lowest BCUT2D eigenvalue weighted by molar-refractivity contribution is -0.138. The molecule has 4 aromatic carbocycles. The lowest BCUT2D eigenvalue weighted by Gasteiger charge is -2.19. The highest BCUT2D eigenvalue weighted by atomic mass is 16.5. The van der Waals surface area contributed by atoms with Gasteiger partial charge in [0.1, 0.15) is 23.1 Å². The van der Waals surface area contributed by atoms with Crippen molar-refractivity contribution in [2.45, 2.75) is 52.4 Å². The van der Waals surface area contributed by atoms with Gasteiger partial charge in [-0.3, -0.25) is 4.79 Å². The lowest BCUT2D eigenvalue weighted by Crippen LogP contribution is -2.12. The zero-order valence-corrected chi connectivity index (χ0v) is 26.1. The van der Waals surface area contributed by atoms with Crippen LogP contribution in [0.4, 0.5) is 0 Å². The predicted octanol–water partition coefficient (Wildman–Crippen LogP) is 8.23. The SMILES string of the molecule is CCCCCCOC(=O)/C(C#N)=C(\c1ccccc1)c1cccc(Cc2cc(C(=O)c3ccccc3)c(O)cc2OC)c1CC. The van der Waals surface area contributed by atoms with Crippen molar-refractivity contribution in [2.24, 2.45) is 0 Å². The van der Waals surface area contributed by atoms with E-state index in [9.17, 15) is 20.0 Å². The zero-order chi connectivity index (χ0) is 32.2. The van der Waals surface area contributed by atoms with Gasteiger partial charge in [-0.2, -0.15) is 5.26 Å². The van der Waals surface area contributed by atoms with Gasteiger partial charge in [0.15, 0.2) is 5.78 Å². The molecule has 0 unspecified atom stereocenters. The Bertz CT molecular complexity index is 1700. The summed E-state index contributed by atoms with van der Waals surface area (Å²) in [5, 5.41) is 21.0. The van der Waals surface area contributed by atoms with Crippen LogP contribution in [-0.2, 0) is 22.4 Å². The third-order valence-corrected chi connectivity index (χ3v) is 7.82. The first-order valence-electron chi connectivity index (χ1n) is 15.4. The number of nitriles is 1. The highest BCUT2D eigenvalue weighted by Crippen LogP contribution is 2.36. The van der Waals surface area contributed by atoms with Gasteiger partial charge in [0.2, 0.25) is 0 Å². The lowest BCUT2D eigenvalue weighted by atomic mass is 9.85. The summed E-state index contributed by atoms with van der Waals surface area (Å²) in [6, 6.07) is 29.4. The maximum absolute atomic E-state index is 13.3. The van der Waals surface area contributed by atoms with E-state index in [0.29, 0.717) is 29.7 Å². The van der Waals surface area contributed by atoms with Crippen LogP contribution in [0.15, 0.2) is 96.6 Å². The van der Waals surface area contributed by atoms with E-state index in [4.69, 9.17) is 9.47 Å². The summed E-state index contributed by atoms with van der Waals surface area (Å²) < 4.78 is 11.2. The molecule has 6 nitrogen and oxygen atoms in total. The Morgan fingerprint density at radius 3 is 2.11 bits per heavy atom. The highest BCUT2D eigenvalue weighted by Gasteiger charge is 2.24. The van der Waals surface area contributed by atoms with Crippen molar-refractivity contribution in [3.05, 3.63) is 136 Å². The van der Waals surface area contributed by atoms with Crippen molar-refractivity contribution >= 4 is 17.3 Å². The largest absolute Gasteiger partial charge is 0.507 e. The molecular formula is C39H39NO5. The van der Waals surface area contributed by atoms with Gasteiger partial charge in [-0.05, 0) is 46.7 Å². The van der Waals surface area contributed by atoms with Crippen molar-refractivity contribution in [2.75, 3.05) is 13.7 Å². The maximum atomic E-state index is 13.3. The first-order valence-corrected chi connectivity index (χ1v) is 15.4. The van der Waals surface area contributed by atoms with Crippen molar-refractivity contribution in [3.8, 4) is 17.6 Å². The van der Waals surface area contributed by atoms with Gasteiger partial charge in [0.25, 0.3) is 0 Å². The summed E-state index contributed by atoms with van der Waals surface area (Å²) in [5.41, 5.74) is 5.25. The van der Waals surface area contributed by atoms with Crippen LogP contribution in [0.3, 0.4) is 0 Å². The maximum Gasteiger partial charge on any atom is 0.349 e. The van der Waals surface area contributed by atoms with Crippen molar-refractivity contribution in [3.63, 3.8) is 0 Å². The van der Waals surface area contributed by atoms with Gasteiger partial charge in [0.05, 0.1) is 19.3 Å². The van der Waals surface area contributed by atoms with Crippen LogP contribution in [0.25, 0.3) is 5.57 Å². The average Bonchev–Trinajstić information content (AvgIpc) is 3.07. The topological polar surface area (TPSA) is 96.6 Å². The van der Waals surface area contributed by atoms with Crippen LogP contribution in [0.2, 0.25) is 0 Å². The Hall–Kier alpha value is -5.15. The molecule has 0 saturated heterocycles. The molecule has 1 N–H and O–H groups in total. The molecule has 0 saturated carbocycles. The first-order chi connectivity index (χ1) is 21.9. The molecule has 0 aliphatic heterocycles. The molecule has 4 aromatic rings. The predicted molar refractivity (Wildman–Crippen MR) is 176 cm³/mol. The molecule has 0 aliphatic carbocycles. The van der Waals surface area contributed by atoms with E-state index in [-0.39, 0.29) is 29.3 Å². The fraction of sp³-hybridized carbons (Fsp3) is 0.256. The van der Waals surface area contributed by atoms with Crippen LogP contribution in [-0.4, -0.2) is 30.6 Å². The molecule has 0 atom stereocenters. The smallest absolute Gasteiger partial charge is 0.349 e. The summed E-state index contributed by atoms with van der Waals surface area (Å²) in [4.78, 5) is 26.6. The van der Waals surface area contributed by atoms with Crippen molar-refractivity contribution in [1.29, 1.82) is 5.26 Å². The van der Waals surface area contributed by atoms with Gasteiger partial charge in [-0.25, -0.2) is 4.79 Å². The normalized spacial score (nSPS) is 11.3. The van der Waals surface area contributed by atoms with Crippen LogP contribution >= 0.6 is 0 Å². The molecule has 4 rings (SSSR count). The van der Waals surface area contributed by atoms with Crippen LogP contribution in [0.1, 0.15) is 83.3 Å². The molecule has 0 radical (unpaired) electrons. The molecule has 0 spiro atoms. The second kappa shape index (κ2) is 16.1. The number of methoxy groups -OCH3 is 1. The molecule has 45 heavy (non-hydrogen) atoms. The standard InChI is InChI=1S/C39H39NO5/c1-4-6-7-14-22-45-39(43)34(26-40)37(27-16-10-8-11-17-27)32-21-15-20-29(31(32)5-2)23-30-24-33(35(41)25-36(30)44-3)38(42)28-18-12-9-13-19-28/h8-13,15-21,24-25,41H,4-7,14,22-23H2,1-3H3/b37-34+. The Morgan fingerprint density at radius 1 is 0.800 bits per heavy atom. The molecule has 0 amide bonds. The van der Waals surface area contributed by atoms with Crippen LogP contribution in [0, 0.1) is 11.3 Å². The molecule has 0 heterocycles. The highest BCUT2D eigenvalue weighted by molar-refractivity contribution is 6.11. The van der Waals surface area contributed by atoms with Gasteiger partial charge in [0, 0.05) is 23.6 Å². The van der Waals surface area contributed by atoms with Gasteiger partial charge < -0.3 is 14.6 Å². The van der Waals surface area contributed by atoms with E-state index in [1.807, 2.05) is 61.5 Å². The number of rotatable bonds is 14. The van der Waals surface area contributed by atoms with Crippen LogP contribution in [0.5, 0.6) is 11.5 Å². The third kappa shape index (κ3) is 7.87. The van der Waals surface area contributed by atoms with E-state index >= 15 is 0 Å². The Morgan fingerprint density at radius 2 is 1.49 bits per heavy atom. The van der Waals surface area contributed by atoms with Gasteiger partial charge >= 0.3 is 5.97 Å². The average molecular weight is 602 g/mol. The second-order valence-electron chi connectivity index (χ2n) is 10.8. The third-order valence-electron chi connectivity index (χ3n) is 7.82. The Kier molecular flexibility index (Phi) is 11.7. The number of nitrogens with zero attached hydrogens (tertiary/aromatic N) is 1. The fourth-order valence-electron chi connectivity index (χ4n) is 5.53. The number of phenols is 1.